The summed E-state index contributed by atoms with van der Waals surface area (Å²) in [6.07, 6.45) is 3.73. The summed E-state index contributed by atoms with van der Waals surface area (Å²) < 4.78 is 0. The van der Waals surface area contributed by atoms with E-state index in [2.05, 4.69) is 4.99 Å². The van der Waals surface area contributed by atoms with Crippen LogP contribution in [-0.2, 0) is 0 Å². The van der Waals surface area contributed by atoms with E-state index < -0.39 is 0 Å². The minimum Gasteiger partial charge on any atom is -0.295 e. The van der Waals surface area contributed by atoms with E-state index in [9.17, 15) is 4.79 Å². The van der Waals surface area contributed by atoms with Crippen LogP contribution >= 0.6 is 0 Å². The van der Waals surface area contributed by atoms with Gasteiger partial charge in [-0.15, -0.1) is 0 Å². The lowest BCUT2D eigenvalue weighted by atomic mass is 9.96. The minimum atomic E-state index is 0.142. The second kappa shape index (κ2) is 3.55. The summed E-state index contributed by atoms with van der Waals surface area (Å²) in [6.45, 7) is 2.57. The SMILES string of the molecule is CC(=O)c1ccc2c(c1)=C1CCC[C@@H]1CN=2. The van der Waals surface area contributed by atoms with Crippen LogP contribution < -0.4 is 10.6 Å². The molecule has 0 amide bonds. The Balaban J connectivity index is 2.30. The fourth-order valence-corrected chi connectivity index (χ4v) is 2.83. The molecule has 0 N–H and O–H groups in total. The number of benzene rings is 1. The molecule has 2 nitrogen and oxygen atoms in total. The maximum absolute atomic E-state index is 11.4. The van der Waals surface area contributed by atoms with Crippen molar-refractivity contribution in [2.75, 3.05) is 6.54 Å². The maximum atomic E-state index is 11.4. The molecule has 2 aliphatic rings. The fourth-order valence-electron chi connectivity index (χ4n) is 2.83. The van der Waals surface area contributed by atoms with Crippen molar-refractivity contribution in [3.8, 4) is 0 Å². The molecule has 1 aromatic carbocycles. The molecule has 0 spiro atoms. The van der Waals surface area contributed by atoms with Crippen LogP contribution in [0, 0.1) is 5.92 Å². The van der Waals surface area contributed by atoms with Gasteiger partial charge in [0.05, 0.1) is 5.36 Å². The van der Waals surface area contributed by atoms with Crippen molar-refractivity contribution in [3.05, 3.63) is 34.3 Å². The van der Waals surface area contributed by atoms with Gasteiger partial charge in [0.15, 0.2) is 5.78 Å². The molecule has 0 aromatic heterocycles. The summed E-state index contributed by atoms with van der Waals surface area (Å²) in [4.78, 5) is 16.0. The molecule has 82 valence electrons. The summed E-state index contributed by atoms with van der Waals surface area (Å²) in [5, 5.41) is 2.32. The number of hydrogen-bond acceptors (Lipinski definition) is 2. The highest BCUT2D eigenvalue weighted by atomic mass is 16.1. The van der Waals surface area contributed by atoms with E-state index in [0.29, 0.717) is 5.92 Å². The largest absolute Gasteiger partial charge is 0.295 e. The van der Waals surface area contributed by atoms with Gasteiger partial charge in [-0.2, -0.15) is 0 Å². The first-order valence-electron chi connectivity index (χ1n) is 5.94. The Morgan fingerprint density at radius 1 is 1.44 bits per heavy atom. The predicted octanol–water partition coefficient (Wildman–Crippen LogP) is 1.47. The molecule has 1 atom stereocenters. The molecule has 1 aliphatic carbocycles. The van der Waals surface area contributed by atoms with Gasteiger partial charge in [0.1, 0.15) is 0 Å². The van der Waals surface area contributed by atoms with Crippen LogP contribution in [0.4, 0.5) is 0 Å². The van der Waals surface area contributed by atoms with E-state index >= 15 is 0 Å². The van der Waals surface area contributed by atoms with Crippen LogP contribution in [-0.4, -0.2) is 12.3 Å². The van der Waals surface area contributed by atoms with Gasteiger partial charge in [0.2, 0.25) is 0 Å². The Hall–Kier alpha value is -1.44. The molecular formula is C14H15NO. The van der Waals surface area contributed by atoms with Crippen LogP contribution in [0.1, 0.15) is 36.5 Å². The zero-order chi connectivity index (χ0) is 11.1. The standard InChI is InChI=1S/C14H15NO/c1-9(16)10-5-6-14-13(7-10)12-4-2-3-11(12)8-15-14/h5-7,11H,2-4,8H2,1H3/t11-/m1/s1. The number of Topliss-reactive ketones (excluding diaryl/α,β-unsaturated/α-hetero) is 1. The van der Waals surface area contributed by atoms with E-state index in [4.69, 9.17) is 0 Å². The number of nitrogens with zero attached hydrogens (tertiary/aromatic N) is 1. The van der Waals surface area contributed by atoms with Gasteiger partial charge in [-0.25, -0.2) is 0 Å². The quantitative estimate of drug-likeness (QED) is 0.650. The molecule has 1 fully saturated rings. The molecule has 0 saturated heterocycles. The third-order valence-corrected chi connectivity index (χ3v) is 3.72. The van der Waals surface area contributed by atoms with Gasteiger partial charge in [-0.05, 0) is 49.6 Å². The minimum absolute atomic E-state index is 0.142. The summed E-state index contributed by atoms with van der Waals surface area (Å²) in [5.41, 5.74) is 2.35. The third kappa shape index (κ3) is 1.41. The average molecular weight is 213 g/mol. The van der Waals surface area contributed by atoms with E-state index in [1.165, 1.54) is 30.1 Å². The number of carbonyl (C=O) groups excluding carboxylic acids is 1. The van der Waals surface area contributed by atoms with Gasteiger partial charge >= 0.3 is 0 Å². The molecule has 16 heavy (non-hydrogen) atoms. The highest BCUT2D eigenvalue weighted by Crippen LogP contribution is 2.31. The highest BCUT2D eigenvalue weighted by molar-refractivity contribution is 5.94. The van der Waals surface area contributed by atoms with Crippen LogP contribution in [0.25, 0.3) is 5.57 Å². The maximum Gasteiger partial charge on any atom is 0.159 e. The Labute approximate surface area is 94.7 Å². The van der Waals surface area contributed by atoms with Crippen LogP contribution in [0.5, 0.6) is 0 Å². The second-order valence-electron chi connectivity index (χ2n) is 4.74. The first kappa shape index (κ1) is 9.76. The Kier molecular flexibility index (Phi) is 2.16. The van der Waals surface area contributed by atoms with Crippen molar-refractivity contribution in [1.82, 2.24) is 0 Å². The molecule has 3 rings (SSSR count). The zero-order valence-electron chi connectivity index (χ0n) is 9.49. The smallest absolute Gasteiger partial charge is 0.159 e. The van der Waals surface area contributed by atoms with Crippen molar-refractivity contribution in [2.24, 2.45) is 10.9 Å². The molecule has 1 heterocycles. The Morgan fingerprint density at radius 2 is 2.31 bits per heavy atom. The van der Waals surface area contributed by atoms with Crippen LogP contribution in [0.15, 0.2) is 23.2 Å². The van der Waals surface area contributed by atoms with Gasteiger partial charge < -0.3 is 0 Å². The average Bonchev–Trinajstić information content (AvgIpc) is 2.76. The number of hydrogen-bond donors (Lipinski definition) is 0. The number of carbonyl (C=O) groups is 1. The summed E-state index contributed by atoms with van der Waals surface area (Å²) in [6, 6.07) is 5.92. The topological polar surface area (TPSA) is 29.4 Å². The summed E-state index contributed by atoms with van der Waals surface area (Å²) >= 11 is 0. The van der Waals surface area contributed by atoms with E-state index in [1.54, 1.807) is 6.92 Å². The predicted molar refractivity (Wildman–Crippen MR) is 62.8 cm³/mol. The van der Waals surface area contributed by atoms with Crippen molar-refractivity contribution in [1.29, 1.82) is 0 Å². The van der Waals surface area contributed by atoms with Crippen molar-refractivity contribution in [2.45, 2.75) is 26.2 Å². The highest BCUT2D eigenvalue weighted by Gasteiger charge is 2.23. The van der Waals surface area contributed by atoms with Gasteiger partial charge in [-0.1, -0.05) is 5.57 Å². The fraction of sp³-hybridized carbons (Fsp3) is 0.429. The molecule has 1 saturated carbocycles. The van der Waals surface area contributed by atoms with E-state index in [1.807, 2.05) is 18.2 Å². The third-order valence-electron chi connectivity index (χ3n) is 3.72. The monoisotopic (exact) mass is 213 g/mol. The van der Waals surface area contributed by atoms with Crippen LogP contribution in [0.2, 0.25) is 0 Å². The molecule has 0 bridgehead atoms. The lowest BCUT2D eigenvalue weighted by Gasteiger charge is -2.14. The number of ketones is 1. The van der Waals surface area contributed by atoms with Crippen molar-refractivity contribution >= 4 is 11.4 Å². The van der Waals surface area contributed by atoms with Gasteiger partial charge in [-0.3, -0.25) is 9.79 Å². The van der Waals surface area contributed by atoms with Gasteiger partial charge in [0.25, 0.3) is 0 Å². The molecule has 1 aliphatic heterocycles. The summed E-state index contributed by atoms with van der Waals surface area (Å²) in [5.74, 6) is 0.790. The first-order chi connectivity index (χ1) is 7.75. The number of fused-ring (bicyclic) bond motifs is 2. The molecule has 0 unspecified atom stereocenters. The van der Waals surface area contributed by atoms with Crippen molar-refractivity contribution < 1.29 is 4.79 Å². The summed E-state index contributed by atoms with van der Waals surface area (Å²) in [7, 11) is 0. The molecule has 0 radical (unpaired) electrons. The lowest BCUT2D eigenvalue weighted by molar-refractivity contribution is 0.101. The van der Waals surface area contributed by atoms with E-state index in [-0.39, 0.29) is 5.78 Å². The van der Waals surface area contributed by atoms with E-state index in [0.717, 1.165) is 17.5 Å². The van der Waals surface area contributed by atoms with Gasteiger partial charge in [0, 0.05) is 18.0 Å². The van der Waals surface area contributed by atoms with Crippen LogP contribution in [0.3, 0.4) is 0 Å². The Morgan fingerprint density at radius 3 is 3.12 bits per heavy atom. The second-order valence-corrected chi connectivity index (χ2v) is 4.74. The normalized spacial score (nSPS) is 22.3. The van der Waals surface area contributed by atoms with Crippen molar-refractivity contribution in [3.63, 3.8) is 0 Å². The number of rotatable bonds is 1. The molecule has 1 aromatic rings. The molecular weight excluding hydrogens is 198 g/mol. The first-order valence-corrected chi connectivity index (χ1v) is 5.94. The lowest BCUT2D eigenvalue weighted by Crippen LogP contribution is -2.34. The Bertz CT molecular complexity index is 571. The zero-order valence-corrected chi connectivity index (χ0v) is 9.49. The molecule has 2 heteroatoms.